The van der Waals surface area contributed by atoms with Crippen LogP contribution in [0.4, 0.5) is 0 Å². The summed E-state index contributed by atoms with van der Waals surface area (Å²) in [6, 6.07) is 27.9. The number of fused-ring (bicyclic) bond motifs is 3. The number of para-hydroxylation sites is 1. The van der Waals surface area contributed by atoms with Crippen molar-refractivity contribution in [2.75, 3.05) is 0 Å². The van der Waals surface area contributed by atoms with Gasteiger partial charge in [-0.15, -0.1) is 0 Å². The molecule has 140 valence electrons. The van der Waals surface area contributed by atoms with Gasteiger partial charge in [-0.2, -0.15) is 0 Å². The highest BCUT2D eigenvalue weighted by Crippen LogP contribution is 2.42. The minimum Gasteiger partial charge on any atom is -0.460 e. The molecule has 0 radical (unpaired) electrons. The summed E-state index contributed by atoms with van der Waals surface area (Å²) in [5, 5.41) is 3.53. The Kier molecular flexibility index (Phi) is 3.30. The Bertz CT molecular complexity index is 1370. The van der Waals surface area contributed by atoms with Crippen molar-refractivity contribution in [2.24, 2.45) is 0 Å². The quantitative estimate of drug-likeness (QED) is 0.352. The first-order valence-electron chi connectivity index (χ1n) is 9.86. The Hall–Kier alpha value is -3.72. The lowest BCUT2D eigenvalue weighted by molar-refractivity contribution is 0.474. The zero-order chi connectivity index (χ0) is 19.4. The number of hydrogen-bond donors (Lipinski definition) is 2. The molecule has 3 aromatic heterocycles. The van der Waals surface area contributed by atoms with Gasteiger partial charge in [0.1, 0.15) is 11.3 Å². The van der Waals surface area contributed by atoms with Gasteiger partial charge in [-0.05, 0) is 77.4 Å². The lowest BCUT2D eigenvalue weighted by Gasteiger charge is -2.29. The molecule has 3 heterocycles. The lowest BCUT2D eigenvalue weighted by Crippen LogP contribution is -2.24. The van der Waals surface area contributed by atoms with Crippen molar-refractivity contribution in [3.63, 3.8) is 0 Å². The predicted octanol–water partition coefficient (Wildman–Crippen LogP) is 6.75. The maximum absolute atomic E-state index is 6.41. The molecule has 3 nitrogen and oxygen atoms in total. The third-order valence-corrected chi connectivity index (χ3v) is 6.18. The van der Waals surface area contributed by atoms with E-state index in [1.54, 1.807) is 0 Å². The highest BCUT2D eigenvalue weighted by molar-refractivity contribution is 5.84. The Balaban J connectivity index is 1.65. The Morgan fingerprint density at radius 1 is 0.655 bits per heavy atom. The van der Waals surface area contributed by atoms with E-state index >= 15 is 0 Å². The van der Waals surface area contributed by atoms with E-state index in [0.717, 1.165) is 27.8 Å². The number of rotatable bonds is 3. The molecule has 0 amide bonds. The highest BCUT2D eigenvalue weighted by atomic mass is 16.3. The highest BCUT2D eigenvalue weighted by Gasteiger charge is 2.35. The van der Waals surface area contributed by atoms with E-state index in [9.17, 15) is 0 Å². The van der Waals surface area contributed by atoms with E-state index in [1.807, 2.05) is 24.5 Å². The number of aromatic amines is 2. The lowest BCUT2D eigenvalue weighted by atomic mass is 9.73. The SMILES string of the molecule is CC(c1ccc2[nH]ccc2c1)(c1ccc2[nH]ccc2c1)c1cc2ccccc2o1. The summed E-state index contributed by atoms with van der Waals surface area (Å²) in [5.74, 6) is 0.948. The predicted molar refractivity (Wildman–Crippen MR) is 118 cm³/mol. The third-order valence-electron chi connectivity index (χ3n) is 6.18. The molecular weight excluding hydrogens is 356 g/mol. The van der Waals surface area contributed by atoms with Crippen LogP contribution in [0, 0.1) is 0 Å². The molecule has 6 aromatic rings. The average molecular weight is 376 g/mol. The summed E-state index contributed by atoms with van der Waals surface area (Å²) >= 11 is 0. The van der Waals surface area contributed by atoms with Gasteiger partial charge in [-0.25, -0.2) is 0 Å². The van der Waals surface area contributed by atoms with E-state index in [-0.39, 0.29) is 0 Å². The van der Waals surface area contributed by atoms with E-state index in [4.69, 9.17) is 4.42 Å². The first-order valence-corrected chi connectivity index (χ1v) is 9.86. The minimum atomic E-state index is -0.421. The normalized spacial score (nSPS) is 12.3. The van der Waals surface area contributed by atoms with E-state index in [2.05, 4.69) is 83.6 Å². The van der Waals surface area contributed by atoms with E-state index in [1.165, 1.54) is 21.9 Å². The third kappa shape index (κ3) is 2.37. The monoisotopic (exact) mass is 376 g/mol. The smallest absolute Gasteiger partial charge is 0.134 e. The van der Waals surface area contributed by atoms with Gasteiger partial charge in [-0.3, -0.25) is 0 Å². The van der Waals surface area contributed by atoms with Gasteiger partial charge in [0.05, 0.1) is 5.41 Å². The molecule has 0 aliphatic heterocycles. The number of nitrogens with one attached hydrogen (secondary N) is 2. The van der Waals surface area contributed by atoms with Crippen molar-refractivity contribution in [3.8, 4) is 0 Å². The standard InChI is InChI=1S/C26H20N2O/c1-26(20-6-8-22-17(14-20)10-12-27-22,21-7-9-23-18(15-21)11-13-28-23)25-16-19-4-2-3-5-24(19)29-25/h2-16,27-28H,1H3. The second-order valence-electron chi connectivity index (χ2n) is 7.83. The largest absolute Gasteiger partial charge is 0.460 e. The molecule has 0 aliphatic carbocycles. The van der Waals surface area contributed by atoms with E-state index < -0.39 is 5.41 Å². The van der Waals surface area contributed by atoms with Crippen LogP contribution in [-0.4, -0.2) is 9.97 Å². The fraction of sp³-hybridized carbons (Fsp3) is 0.0769. The van der Waals surface area contributed by atoms with Crippen molar-refractivity contribution in [2.45, 2.75) is 12.3 Å². The molecule has 29 heavy (non-hydrogen) atoms. The van der Waals surface area contributed by atoms with Crippen LogP contribution in [0.25, 0.3) is 32.8 Å². The second-order valence-corrected chi connectivity index (χ2v) is 7.83. The molecule has 0 saturated carbocycles. The van der Waals surface area contributed by atoms with Crippen LogP contribution in [0.2, 0.25) is 0 Å². The molecule has 0 fully saturated rings. The zero-order valence-electron chi connectivity index (χ0n) is 16.1. The first kappa shape index (κ1) is 16.3. The van der Waals surface area contributed by atoms with Crippen molar-refractivity contribution in [3.05, 3.63) is 108 Å². The first-order chi connectivity index (χ1) is 14.2. The van der Waals surface area contributed by atoms with Crippen LogP contribution in [-0.2, 0) is 5.41 Å². The van der Waals surface area contributed by atoms with Gasteiger partial charge in [-0.1, -0.05) is 30.3 Å². The van der Waals surface area contributed by atoms with Crippen LogP contribution in [0.5, 0.6) is 0 Å². The zero-order valence-corrected chi connectivity index (χ0v) is 16.1. The number of benzene rings is 3. The van der Waals surface area contributed by atoms with Crippen molar-refractivity contribution in [1.82, 2.24) is 9.97 Å². The summed E-state index contributed by atoms with van der Waals surface area (Å²) in [6.07, 6.45) is 3.97. The number of aromatic nitrogens is 2. The van der Waals surface area contributed by atoms with Gasteiger partial charge in [0.25, 0.3) is 0 Å². The van der Waals surface area contributed by atoms with Crippen LogP contribution in [0.15, 0.2) is 95.7 Å². The number of hydrogen-bond acceptors (Lipinski definition) is 1. The molecule has 0 aliphatic rings. The van der Waals surface area contributed by atoms with Gasteiger partial charge in [0.15, 0.2) is 0 Å². The average Bonchev–Trinajstić information content (AvgIpc) is 3.50. The number of H-pyrrole nitrogens is 2. The maximum atomic E-state index is 6.41. The van der Waals surface area contributed by atoms with Gasteiger partial charge in [0.2, 0.25) is 0 Å². The Morgan fingerprint density at radius 3 is 1.90 bits per heavy atom. The molecule has 0 spiro atoms. The van der Waals surface area contributed by atoms with Crippen LogP contribution >= 0.6 is 0 Å². The number of furan rings is 1. The molecule has 3 heteroatoms. The molecule has 0 atom stereocenters. The molecule has 0 bridgehead atoms. The van der Waals surface area contributed by atoms with Gasteiger partial charge < -0.3 is 14.4 Å². The summed E-state index contributed by atoms with van der Waals surface area (Å²) in [4.78, 5) is 6.58. The van der Waals surface area contributed by atoms with Crippen LogP contribution in [0.1, 0.15) is 23.8 Å². The molecule has 6 rings (SSSR count). The molecular formula is C26H20N2O. The fourth-order valence-corrected chi connectivity index (χ4v) is 4.41. The molecule has 0 unspecified atom stereocenters. The van der Waals surface area contributed by atoms with Crippen LogP contribution < -0.4 is 0 Å². The molecule has 2 N–H and O–H groups in total. The molecule has 0 saturated heterocycles. The maximum Gasteiger partial charge on any atom is 0.134 e. The van der Waals surface area contributed by atoms with Crippen molar-refractivity contribution in [1.29, 1.82) is 0 Å². The fourth-order valence-electron chi connectivity index (χ4n) is 4.41. The topological polar surface area (TPSA) is 44.7 Å². The second kappa shape index (κ2) is 5.89. The van der Waals surface area contributed by atoms with Gasteiger partial charge >= 0.3 is 0 Å². The van der Waals surface area contributed by atoms with E-state index in [0.29, 0.717) is 0 Å². The Labute approximate surface area is 168 Å². The van der Waals surface area contributed by atoms with Gasteiger partial charge in [0, 0.05) is 28.8 Å². The minimum absolute atomic E-state index is 0.421. The van der Waals surface area contributed by atoms with Crippen molar-refractivity contribution < 1.29 is 4.42 Å². The summed E-state index contributed by atoms with van der Waals surface area (Å²) in [7, 11) is 0. The molecule has 3 aromatic carbocycles. The van der Waals surface area contributed by atoms with Crippen LogP contribution in [0.3, 0.4) is 0 Å². The van der Waals surface area contributed by atoms with Crippen molar-refractivity contribution >= 4 is 32.8 Å². The Morgan fingerprint density at radius 2 is 1.28 bits per heavy atom. The summed E-state index contributed by atoms with van der Waals surface area (Å²) in [5.41, 5.74) is 5.19. The summed E-state index contributed by atoms with van der Waals surface area (Å²) < 4.78 is 6.41. The summed E-state index contributed by atoms with van der Waals surface area (Å²) in [6.45, 7) is 2.26.